The fourth-order valence-corrected chi connectivity index (χ4v) is 5.44. The lowest BCUT2D eigenvalue weighted by Gasteiger charge is -2.40. The molecule has 34 heavy (non-hydrogen) atoms. The van der Waals surface area contributed by atoms with E-state index in [9.17, 15) is 9.18 Å². The van der Waals surface area contributed by atoms with Gasteiger partial charge in [0.25, 0.3) is 0 Å². The van der Waals surface area contributed by atoms with Gasteiger partial charge in [0.2, 0.25) is 5.91 Å². The average molecular weight is 480 g/mol. The van der Waals surface area contributed by atoms with Gasteiger partial charge in [0.15, 0.2) is 0 Å². The number of hydrogen-bond donors (Lipinski definition) is 0. The number of nitrogens with zero attached hydrogens (tertiary/aromatic N) is 3. The molecule has 1 unspecified atom stereocenters. The highest BCUT2D eigenvalue weighted by molar-refractivity contribution is 7.98. The number of hydrogen-bond acceptors (Lipinski definition) is 4. The van der Waals surface area contributed by atoms with Crippen LogP contribution in [-0.2, 0) is 17.8 Å². The number of benzene rings is 2. The number of piperidine rings is 1. The SMILES string of the molecule is CSCCC(=O)N(C)C(Cc1ccc(F)cc1)C1CCN(Cc2cccc3cccnc23)CC1. The highest BCUT2D eigenvalue weighted by atomic mass is 32.2. The van der Waals surface area contributed by atoms with Crippen molar-refractivity contribution in [1.29, 1.82) is 0 Å². The molecule has 1 atom stereocenters. The maximum absolute atomic E-state index is 13.4. The van der Waals surface area contributed by atoms with Crippen molar-refractivity contribution in [1.82, 2.24) is 14.8 Å². The van der Waals surface area contributed by atoms with Crippen molar-refractivity contribution in [3.8, 4) is 0 Å². The Morgan fingerprint density at radius 3 is 2.62 bits per heavy atom. The van der Waals surface area contributed by atoms with Crippen LogP contribution in [0.3, 0.4) is 0 Å². The van der Waals surface area contributed by atoms with E-state index in [1.54, 1.807) is 11.8 Å². The summed E-state index contributed by atoms with van der Waals surface area (Å²) < 4.78 is 13.4. The number of fused-ring (bicyclic) bond motifs is 1. The van der Waals surface area contributed by atoms with E-state index in [4.69, 9.17) is 0 Å². The molecule has 1 aromatic heterocycles. The van der Waals surface area contributed by atoms with Gasteiger partial charge in [-0.2, -0.15) is 11.8 Å². The molecule has 0 aliphatic carbocycles. The molecule has 6 heteroatoms. The molecule has 1 saturated heterocycles. The first-order valence-corrected chi connectivity index (χ1v) is 13.5. The van der Waals surface area contributed by atoms with E-state index in [1.807, 2.05) is 42.6 Å². The Morgan fingerprint density at radius 2 is 1.88 bits per heavy atom. The monoisotopic (exact) mass is 479 g/mol. The summed E-state index contributed by atoms with van der Waals surface area (Å²) >= 11 is 1.70. The van der Waals surface area contributed by atoms with Gasteiger partial charge in [-0.25, -0.2) is 4.39 Å². The first-order valence-electron chi connectivity index (χ1n) is 12.1. The standard InChI is InChI=1S/C28H34FN3OS/c1-31(27(33)14-18-34-2)26(19-21-8-10-25(29)11-9-21)22-12-16-32(17-13-22)20-24-6-3-5-23-7-4-15-30-28(23)24/h3-11,15,22,26H,12-14,16-20H2,1-2H3. The lowest BCUT2D eigenvalue weighted by Crippen LogP contribution is -2.47. The van der Waals surface area contributed by atoms with Crippen LogP contribution in [0.25, 0.3) is 10.9 Å². The van der Waals surface area contributed by atoms with Crippen LogP contribution in [0.5, 0.6) is 0 Å². The predicted octanol–water partition coefficient (Wildman–Crippen LogP) is 5.41. The molecule has 1 fully saturated rings. The van der Waals surface area contributed by atoms with Gasteiger partial charge in [0.05, 0.1) is 5.52 Å². The third-order valence-electron chi connectivity index (χ3n) is 7.06. The molecule has 0 saturated carbocycles. The molecular weight excluding hydrogens is 445 g/mol. The summed E-state index contributed by atoms with van der Waals surface area (Å²) in [6.45, 7) is 2.90. The number of carbonyl (C=O) groups excluding carboxylic acids is 1. The van der Waals surface area contributed by atoms with Crippen LogP contribution >= 0.6 is 11.8 Å². The molecule has 0 bridgehead atoms. The number of amides is 1. The van der Waals surface area contributed by atoms with Crippen molar-refractivity contribution in [3.05, 3.63) is 77.7 Å². The molecule has 1 aliphatic heterocycles. The highest BCUT2D eigenvalue weighted by Crippen LogP contribution is 2.28. The maximum atomic E-state index is 13.4. The number of thioether (sulfide) groups is 1. The van der Waals surface area contributed by atoms with Crippen LogP contribution in [0.4, 0.5) is 4.39 Å². The number of likely N-dealkylation sites (tertiary alicyclic amines) is 1. The first kappa shape index (κ1) is 24.7. The Hall–Kier alpha value is -2.44. The summed E-state index contributed by atoms with van der Waals surface area (Å²) in [5.41, 5.74) is 3.43. The molecule has 2 aromatic carbocycles. The molecule has 4 rings (SSSR count). The third kappa shape index (κ3) is 6.16. The molecule has 0 N–H and O–H groups in total. The highest BCUT2D eigenvalue weighted by Gasteiger charge is 2.31. The number of likely N-dealkylation sites (N-methyl/N-ethyl adjacent to an activating group) is 1. The Bertz CT molecular complexity index is 1080. The van der Waals surface area contributed by atoms with Gasteiger partial charge in [-0.15, -0.1) is 0 Å². The van der Waals surface area contributed by atoms with Gasteiger partial charge in [0.1, 0.15) is 5.82 Å². The summed E-state index contributed by atoms with van der Waals surface area (Å²) in [7, 11) is 1.95. The number of halogens is 1. The minimum absolute atomic E-state index is 0.126. The van der Waals surface area contributed by atoms with Crippen molar-refractivity contribution in [2.75, 3.05) is 32.1 Å². The van der Waals surface area contributed by atoms with Gasteiger partial charge >= 0.3 is 0 Å². The van der Waals surface area contributed by atoms with E-state index >= 15 is 0 Å². The quantitative estimate of drug-likeness (QED) is 0.411. The van der Waals surface area contributed by atoms with Crippen LogP contribution in [0.2, 0.25) is 0 Å². The van der Waals surface area contributed by atoms with Crippen molar-refractivity contribution in [2.24, 2.45) is 5.92 Å². The molecule has 180 valence electrons. The van der Waals surface area contributed by atoms with Gasteiger partial charge in [-0.3, -0.25) is 14.7 Å². The average Bonchev–Trinajstić information content (AvgIpc) is 2.87. The number of rotatable bonds is 9. The first-order chi connectivity index (χ1) is 16.5. The molecule has 1 amide bonds. The van der Waals surface area contributed by atoms with Crippen molar-refractivity contribution in [3.63, 3.8) is 0 Å². The number of para-hydroxylation sites is 1. The molecule has 0 radical (unpaired) electrons. The summed E-state index contributed by atoms with van der Waals surface area (Å²) in [6.07, 6.45) is 7.31. The van der Waals surface area contributed by atoms with Crippen molar-refractivity contribution < 1.29 is 9.18 Å². The lowest BCUT2D eigenvalue weighted by molar-refractivity contribution is -0.133. The largest absolute Gasteiger partial charge is 0.342 e. The Kier molecular flexibility index (Phi) is 8.57. The minimum Gasteiger partial charge on any atom is -0.342 e. The van der Waals surface area contributed by atoms with E-state index in [2.05, 4.69) is 34.1 Å². The molecule has 2 heterocycles. The van der Waals surface area contributed by atoms with E-state index in [-0.39, 0.29) is 17.8 Å². The number of carbonyl (C=O) groups is 1. The zero-order valence-electron chi connectivity index (χ0n) is 20.1. The second-order valence-corrected chi connectivity index (χ2v) is 10.2. The number of pyridine rings is 1. The Balaban J connectivity index is 1.44. The summed E-state index contributed by atoms with van der Waals surface area (Å²) in [5, 5.41) is 1.18. The van der Waals surface area contributed by atoms with Gasteiger partial charge < -0.3 is 4.90 Å². The maximum Gasteiger partial charge on any atom is 0.223 e. The molecule has 4 nitrogen and oxygen atoms in total. The van der Waals surface area contributed by atoms with Crippen LogP contribution in [0, 0.1) is 11.7 Å². The van der Waals surface area contributed by atoms with Crippen LogP contribution < -0.4 is 0 Å². The molecular formula is C28H34FN3OS. The summed E-state index contributed by atoms with van der Waals surface area (Å²) in [6, 6.07) is 17.4. The zero-order chi connectivity index (χ0) is 23.9. The van der Waals surface area contributed by atoms with Gasteiger partial charge in [-0.05, 0) is 73.9 Å². The van der Waals surface area contributed by atoms with E-state index in [0.29, 0.717) is 12.3 Å². The fourth-order valence-electron chi connectivity index (χ4n) is 5.06. The number of aromatic nitrogens is 1. The normalized spacial score (nSPS) is 16.0. The second-order valence-electron chi connectivity index (χ2n) is 9.25. The van der Waals surface area contributed by atoms with Crippen LogP contribution in [-0.4, -0.2) is 58.9 Å². The fraction of sp³-hybridized carbons (Fsp3) is 0.429. The third-order valence-corrected chi connectivity index (χ3v) is 7.67. The van der Waals surface area contributed by atoms with Crippen LogP contribution in [0.15, 0.2) is 60.8 Å². The summed E-state index contributed by atoms with van der Waals surface area (Å²) in [5.74, 6) is 1.24. The van der Waals surface area contributed by atoms with Crippen molar-refractivity contribution >= 4 is 28.6 Å². The van der Waals surface area contributed by atoms with Gasteiger partial charge in [0, 0.05) is 43.4 Å². The minimum atomic E-state index is -0.221. The lowest BCUT2D eigenvalue weighted by atomic mass is 9.84. The van der Waals surface area contributed by atoms with E-state index < -0.39 is 0 Å². The topological polar surface area (TPSA) is 36.4 Å². The van der Waals surface area contributed by atoms with E-state index in [1.165, 1.54) is 23.1 Å². The Labute approximate surface area is 206 Å². The molecule has 1 aliphatic rings. The van der Waals surface area contributed by atoms with Gasteiger partial charge in [-0.1, -0.05) is 36.4 Å². The smallest absolute Gasteiger partial charge is 0.223 e. The molecule has 0 spiro atoms. The predicted molar refractivity (Wildman–Crippen MR) is 139 cm³/mol. The van der Waals surface area contributed by atoms with Crippen LogP contribution in [0.1, 0.15) is 30.4 Å². The van der Waals surface area contributed by atoms with Crippen molar-refractivity contribution in [2.45, 2.75) is 38.3 Å². The molecule has 3 aromatic rings. The zero-order valence-corrected chi connectivity index (χ0v) is 20.9. The Morgan fingerprint density at radius 1 is 1.15 bits per heavy atom. The summed E-state index contributed by atoms with van der Waals surface area (Å²) in [4.78, 5) is 22.0. The van der Waals surface area contributed by atoms with E-state index in [0.717, 1.165) is 55.7 Å². The second kappa shape index (κ2) is 11.8.